The topological polar surface area (TPSA) is 38.3 Å². The number of hydrogen-bond acceptors (Lipinski definition) is 2. The number of nitrogens with one attached hydrogen (secondary N) is 1. The van der Waals surface area contributed by atoms with Gasteiger partial charge in [-0.05, 0) is 30.0 Å². The summed E-state index contributed by atoms with van der Waals surface area (Å²) in [4.78, 5) is 11.9. The Labute approximate surface area is 103 Å². The van der Waals surface area contributed by atoms with Crippen molar-refractivity contribution in [1.82, 2.24) is 5.32 Å². The predicted octanol–water partition coefficient (Wildman–Crippen LogP) is 2.96. The highest BCUT2D eigenvalue weighted by atomic mass is 16.5. The third-order valence-electron chi connectivity index (χ3n) is 2.67. The second-order valence-electron chi connectivity index (χ2n) is 4.37. The number of benzene rings is 1. The van der Waals surface area contributed by atoms with Crippen molar-refractivity contribution in [2.45, 2.75) is 33.1 Å². The van der Waals surface area contributed by atoms with Crippen molar-refractivity contribution >= 4 is 5.91 Å². The molecule has 1 aromatic rings. The van der Waals surface area contributed by atoms with E-state index in [4.69, 9.17) is 4.74 Å². The maximum atomic E-state index is 11.9. The molecule has 0 spiro atoms. The molecule has 1 N–H and O–H groups in total. The molecule has 3 nitrogen and oxygen atoms in total. The molecule has 0 radical (unpaired) electrons. The van der Waals surface area contributed by atoms with E-state index in [1.54, 1.807) is 7.11 Å². The molecule has 0 heterocycles. The van der Waals surface area contributed by atoms with Crippen LogP contribution >= 0.6 is 0 Å². The summed E-state index contributed by atoms with van der Waals surface area (Å²) in [5.74, 6) is 1.00. The van der Waals surface area contributed by atoms with Crippen molar-refractivity contribution < 1.29 is 9.53 Å². The van der Waals surface area contributed by atoms with Gasteiger partial charge in [-0.15, -0.1) is 0 Å². The van der Waals surface area contributed by atoms with Crippen LogP contribution in [0.5, 0.6) is 5.75 Å². The molecule has 1 rings (SSSR count). The van der Waals surface area contributed by atoms with E-state index in [2.05, 4.69) is 19.2 Å². The van der Waals surface area contributed by atoms with Crippen LogP contribution in [0.15, 0.2) is 18.2 Å². The largest absolute Gasteiger partial charge is 0.496 e. The molecule has 0 bridgehead atoms. The first-order valence-corrected chi connectivity index (χ1v) is 6.06. The molecular formula is C14H21NO2. The van der Waals surface area contributed by atoms with Crippen LogP contribution in [-0.2, 0) is 0 Å². The molecule has 0 unspecified atom stereocenters. The van der Waals surface area contributed by atoms with E-state index in [1.165, 1.54) is 5.56 Å². The fourth-order valence-corrected chi connectivity index (χ4v) is 1.59. The highest BCUT2D eigenvalue weighted by Crippen LogP contribution is 2.24. The second-order valence-corrected chi connectivity index (χ2v) is 4.37. The summed E-state index contributed by atoms with van der Waals surface area (Å²) < 4.78 is 5.28. The summed E-state index contributed by atoms with van der Waals surface area (Å²) in [5.41, 5.74) is 1.78. The average molecular weight is 235 g/mol. The van der Waals surface area contributed by atoms with Crippen molar-refractivity contribution in [3.63, 3.8) is 0 Å². The van der Waals surface area contributed by atoms with E-state index in [9.17, 15) is 4.79 Å². The van der Waals surface area contributed by atoms with E-state index in [0.717, 1.165) is 6.42 Å². The Morgan fingerprint density at radius 2 is 2.12 bits per heavy atom. The molecule has 0 saturated heterocycles. The molecule has 0 aliphatic heterocycles. The van der Waals surface area contributed by atoms with Crippen molar-refractivity contribution in [2.24, 2.45) is 0 Å². The fourth-order valence-electron chi connectivity index (χ4n) is 1.59. The molecule has 17 heavy (non-hydrogen) atoms. The van der Waals surface area contributed by atoms with Crippen LogP contribution < -0.4 is 10.1 Å². The third kappa shape index (κ3) is 3.48. The summed E-state index contributed by atoms with van der Waals surface area (Å²) in [6.45, 7) is 6.95. The van der Waals surface area contributed by atoms with Gasteiger partial charge in [0.25, 0.3) is 5.91 Å². The Kier molecular flexibility index (Phi) is 5.01. The van der Waals surface area contributed by atoms with Crippen LogP contribution in [0, 0.1) is 0 Å². The normalized spacial score (nSPS) is 10.4. The zero-order valence-corrected chi connectivity index (χ0v) is 11.0. The zero-order valence-electron chi connectivity index (χ0n) is 11.0. The van der Waals surface area contributed by atoms with E-state index < -0.39 is 0 Å². The maximum absolute atomic E-state index is 11.9. The van der Waals surface area contributed by atoms with Gasteiger partial charge in [-0.2, -0.15) is 0 Å². The SMILES string of the molecule is CCCNC(=O)c1ccc(C(C)C)cc1OC. The van der Waals surface area contributed by atoms with Gasteiger partial charge < -0.3 is 10.1 Å². The molecular weight excluding hydrogens is 214 g/mol. The fraction of sp³-hybridized carbons (Fsp3) is 0.500. The van der Waals surface area contributed by atoms with Gasteiger partial charge >= 0.3 is 0 Å². The summed E-state index contributed by atoms with van der Waals surface area (Å²) in [5, 5.41) is 2.85. The molecule has 1 amide bonds. The highest BCUT2D eigenvalue weighted by molar-refractivity contribution is 5.97. The number of carbonyl (C=O) groups is 1. The first kappa shape index (κ1) is 13.6. The Balaban J connectivity index is 2.96. The summed E-state index contributed by atoms with van der Waals surface area (Å²) in [6.07, 6.45) is 0.929. The van der Waals surface area contributed by atoms with E-state index in [-0.39, 0.29) is 5.91 Å². The number of methoxy groups -OCH3 is 1. The number of ether oxygens (including phenoxy) is 1. The molecule has 0 atom stereocenters. The minimum Gasteiger partial charge on any atom is -0.496 e. The molecule has 94 valence electrons. The third-order valence-corrected chi connectivity index (χ3v) is 2.67. The van der Waals surface area contributed by atoms with Crippen LogP contribution in [0.1, 0.15) is 49.0 Å². The van der Waals surface area contributed by atoms with Gasteiger partial charge in [-0.1, -0.05) is 26.8 Å². The van der Waals surface area contributed by atoms with Crippen LogP contribution in [0.25, 0.3) is 0 Å². The Morgan fingerprint density at radius 1 is 1.41 bits per heavy atom. The van der Waals surface area contributed by atoms with Gasteiger partial charge in [0.1, 0.15) is 5.75 Å². The van der Waals surface area contributed by atoms with Crippen LogP contribution in [-0.4, -0.2) is 19.6 Å². The predicted molar refractivity (Wildman–Crippen MR) is 69.7 cm³/mol. The highest BCUT2D eigenvalue weighted by Gasteiger charge is 2.13. The summed E-state index contributed by atoms with van der Waals surface area (Å²) in [6, 6.07) is 5.75. The van der Waals surface area contributed by atoms with Gasteiger partial charge in [0.05, 0.1) is 12.7 Å². The van der Waals surface area contributed by atoms with E-state index in [0.29, 0.717) is 23.8 Å². The van der Waals surface area contributed by atoms with Crippen molar-refractivity contribution in [1.29, 1.82) is 0 Å². The first-order chi connectivity index (χ1) is 8.10. The second kappa shape index (κ2) is 6.28. The molecule has 0 saturated carbocycles. The van der Waals surface area contributed by atoms with E-state index >= 15 is 0 Å². The number of hydrogen-bond donors (Lipinski definition) is 1. The number of amides is 1. The van der Waals surface area contributed by atoms with Crippen LogP contribution in [0.4, 0.5) is 0 Å². The smallest absolute Gasteiger partial charge is 0.255 e. The Bertz CT molecular complexity index is 386. The van der Waals surface area contributed by atoms with Crippen LogP contribution in [0.2, 0.25) is 0 Å². The lowest BCUT2D eigenvalue weighted by Crippen LogP contribution is -2.24. The molecule has 1 aromatic carbocycles. The number of rotatable bonds is 5. The van der Waals surface area contributed by atoms with E-state index in [1.807, 2.05) is 25.1 Å². The van der Waals surface area contributed by atoms with Gasteiger partial charge in [-0.25, -0.2) is 0 Å². The lowest BCUT2D eigenvalue weighted by Gasteiger charge is -2.12. The minimum absolute atomic E-state index is 0.0704. The van der Waals surface area contributed by atoms with Crippen molar-refractivity contribution in [3.05, 3.63) is 29.3 Å². The lowest BCUT2D eigenvalue weighted by atomic mass is 10.0. The lowest BCUT2D eigenvalue weighted by molar-refractivity contribution is 0.0950. The Morgan fingerprint density at radius 3 is 2.65 bits per heavy atom. The molecule has 0 aromatic heterocycles. The Hall–Kier alpha value is -1.51. The monoisotopic (exact) mass is 235 g/mol. The number of carbonyl (C=O) groups excluding carboxylic acids is 1. The first-order valence-electron chi connectivity index (χ1n) is 6.06. The average Bonchev–Trinajstić information content (AvgIpc) is 2.34. The summed E-state index contributed by atoms with van der Waals surface area (Å²) in [7, 11) is 1.59. The molecule has 0 aliphatic rings. The van der Waals surface area contributed by atoms with Gasteiger partial charge in [-0.3, -0.25) is 4.79 Å². The van der Waals surface area contributed by atoms with Crippen LogP contribution in [0.3, 0.4) is 0 Å². The van der Waals surface area contributed by atoms with Crippen molar-refractivity contribution in [3.8, 4) is 5.75 Å². The van der Waals surface area contributed by atoms with Gasteiger partial charge in [0.2, 0.25) is 0 Å². The summed E-state index contributed by atoms with van der Waals surface area (Å²) >= 11 is 0. The zero-order chi connectivity index (χ0) is 12.8. The quantitative estimate of drug-likeness (QED) is 0.852. The van der Waals surface area contributed by atoms with Gasteiger partial charge in [0.15, 0.2) is 0 Å². The van der Waals surface area contributed by atoms with Crippen molar-refractivity contribution in [2.75, 3.05) is 13.7 Å². The molecule has 0 fully saturated rings. The maximum Gasteiger partial charge on any atom is 0.255 e. The standard InChI is InChI=1S/C14H21NO2/c1-5-8-15-14(16)12-7-6-11(10(2)3)9-13(12)17-4/h6-7,9-10H,5,8H2,1-4H3,(H,15,16). The molecule has 3 heteroatoms. The minimum atomic E-state index is -0.0704. The molecule has 0 aliphatic carbocycles. The van der Waals surface area contributed by atoms with Gasteiger partial charge in [0, 0.05) is 6.54 Å².